The first-order valence-electron chi connectivity index (χ1n) is 7.68. The minimum Gasteiger partial charge on any atom is -0.489 e. The second-order valence-electron chi connectivity index (χ2n) is 5.30. The van der Waals surface area contributed by atoms with Crippen molar-refractivity contribution in [2.24, 2.45) is 0 Å². The van der Waals surface area contributed by atoms with E-state index in [-0.39, 0.29) is 18.5 Å². The van der Waals surface area contributed by atoms with Crippen LogP contribution in [0.2, 0.25) is 0 Å². The molecule has 1 fully saturated rings. The molecule has 0 saturated carbocycles. The fraction of sp³-hybridized carbons (Fsp3) is 0.625. The van der Waals surface area contributed by atoms with Crippen molar-refractivity contribution >= 4 is 5.69 Å². The van der Waals surface area contributed by atoms with Crippen LogP contribution in [-0.4, -0.2) is 37.6 Å². The van der Waals surface area contributed by atoms with Gasteiger partial charge in [0, 0.05) is 25.8 Å². The zero-order valence-corrected chi connectivity index (χ0v) is 12.3. The summed E-state index contributed by atoms with van der Waals surface area (Å²) in [5.41, 5.74) is 0.678. The Kier molecular flexibility index (Phi) is 6.76. The van der Waals surface area contributed by atoms with Gasteiger partial charge in [0.2, 0.25) is 0 Å². The Bertz CT molecular complexity index is 422. The minimum atomic E-state index is -0.280. The molecule has 0 radical (unpaired) electrons. The van der Waals surface area contributed by atoms with Crippen molar-refractivity contribution in [3.05, 3.63) is 24.0 Å². The third-order valence-electron chi connectivity index (χ3n) is 3.54. The number of ether oxygens (including phenoxy) is 2. The number of halogens is 1. The van der Waals surface area contributed by atoms with Crippen LogP contribution in [0, 0.1) is 5.82 Å². The van der Waals surface area contributed by atoms with Crippen molar-refractivity contribution < 1.29 is 19.0 Å². The quantitative estimate of drug-likeness (QED) is 0.688. The van der Waals surface area contributed by atoms with Gasteiger partial charge in [-0.3, -0.25) is 0 Å². The van der Waals surface area contributed by atoms with Crippen LogP contribution >= 0.6 is 0 Å². The maximum absolute atomic E-state index is 13.4. The van der Waals surface area contributed by atoms with Gasteiger partial charge in [-0.05, 0) is 44.2 Å². The summed E-state index contributed by atoms with van der Waals surface area (Å²) in [6.45, 7) is 2.26. The van der Waals surface area contributed by atoms with Gasteiger partial charge in [-0.15, -0.1) is 0 Å². The van der Waals surface area contributed by atoms with Gasteiger partial charge >= 0.3 is 0 Å². The van der Waals surface area contributed by atoms with E-state index in [0.717, 1.165) is 45.3 Å². The molecule has 0 aromatic heterocycles. The summed E-state index contributed by atoms with van der Waals surface area (Å²) in [5, 5.41) is 11.9. The van der Waals surface area contributed by atoms with Crippen LogP contribution < -0.4 is 10.1 Å². The molecule has 1 aromatic carbocycles. The van der Waals surface area contributed by atoms with Crippen LogP contribution in [0.1, 0.15) is 32.1 Å². The molecule has 1 saturated heterocycles. The number of anilines is 1. The molecule has 1 heterocycles. The number of benzene rings is 1. The van der Waals surface area contributed by atoms with Crippen molar-refractivity contribution in [3.8, 4) is 5.75 Å². The molecular weight excluding hydrogens is 273 g/mol. The molecule has 21 heavy (non-hydrogen) atoms. The first kappa shape index (κ1) is 16.0. The smallest absolute Gasteiger partial charge is 0.142 e. The Labute approximate surface area is 125 Å². The lowest BCUT2D eigenvalue weighted by Crippen LogP contribution is -2.17. The largest absolute Gasteiger partial charge is 0.489 e. The van der Waals surface area contributed by atoms with Crippen LogP contribution in [0.15, 0.2) is 18.2 Å². The molecule has 5 heteroatoms. The van der Waals surface area contributed by atoms with Crippen LogP contribution in [0.25, 0.3) is 0 Å². The Balaban J connectivity index is 1.83. The van der Waals surface area contributed by atoms with E-state index in [1.165, 1.54) is 12.1 Å². The Morgan fingerprint density at radius 3 is 3.00 bits per heavy atom. The van der Waals surface area contributed by atoms with E-state index >= 15 is 0 Å². The van der Waals surface area contributed by atoms with E-state index in [4.69, 9.17) is 14.6 Å². The fourth-order valence-electron chi connectivity index (χ4n) is 2.36. The van der Waals surface area contributed by atoms with Crippen molar-refractivity contribution in [2.45, 2.75) is 38.2 Å². The molecule has 2 N–H and O–H groups in total. The van der Waals surface area contributed by atoms with Crippen molar-refractivity contribution in [1.82, 2.24) is 0 Å². The summed E-state index contributed by atoms with van der Waals surface area (Å²) in [7, 11) is 0. The Morgan fingerprint density at radius 1 is 1.33 bits per heavy atom. The highest BCUT2D eigenvalue weighted by Gasteiger charge is 2.16. The van der Waals surface area contributed by atoms with Gasteiger partial charge in [-0.2, -0.15) is 0 Å². The van der Waals surface area contributed by atoms with Gasteiger partial charge in [0.15, 0.2) is 0 Å². The van der Waals surface area contributed by atoms with E-state index in [0.29, 0.717) is 18.0 Å². The number of unbranched alkanes of at least 4 members (excludes halogenated alkanes) is 2. The van der Waals surface area contributed by atoms with Crippen molar-refractivity contribution in [2.75, 3.05) is 31.7 Å². The summed E-state index contributed by atoms with van der Waals surface area (Å²) in [5.74, 6) is 0.381. The standard InChI is InChI=1S/C16H24FNO3/c17-13-6-7-16(21-12-14-5-4-10-20-14)15(11-13)18-8-2-1-3-9-19/h6-7,11,14,18-19H,1-5,8-10,12H2. The van der Waals surface area contributed by atoms with E-state index in [9.17, 15) is 4.39 Å². The molecule has 0 aliphatic carbocycles. The number of aliphatic hydroxyl groups excluding tert-OH is 1. The molecule has 0 bridgehead atoms. The highest BCUT2D eigenvalue weighted by atomic mass is 19.1. The molecule has 0 amide bonds. The van der Waals surface area contributed by atoms with Gasteiger partial charge < -0.3 is 19.9 Å². The summed E-state index contributed by atoms with van der Waals surface area (Å²) < 4.78 is 24.6. The van der Waals surface area contributed by atoms with E-state index in [1.807, 2.05) is 0 Å². The first-order valence-corrected chi connectivity index (χ1v) is 7.68. The maximum atomic E-state index is 13.4. The highest BCUT2D eigenvalue weighted by molar-refractivity contribution is 5.56. The molecule has 1 aliphatic heterocycles. The molecule has 1 unspecified atom stereocenters. The summed E-state index contributed by atoms with van der Waals surface area (Å²) in [6.07, 6.45) is 4.92. The minimum absolute atomic E-state index is 0.146. The van der Waals surface area contributed by atoms with Gasteiger partial charge in [-0.1, -0.05) is 0 Å². The van der Waals surface area contributed by atoms with Crippen molar-refractivity contribution in [1.29, 1.82) is 0 Å². The van der Waals surface area contributed by atoms with E-state index in [2.05, 4.69) is 5.32 Å². The molecule has 1 atom stereocenters. The van der Waals surface area contributed by atoms with Crippen LogP contribution in [0.5, 0.6) is 5.75 Å². The second-order valence-corrected chi connectivity index (χ2v) is 5.30. The third kappa shape index (κ3) is 5.52. The number of rotatable bonds is 9. The van der Waals surface area contributed by atoms with Gasteiger partial charge in [0.1, 0.15) is 18.2 Å². The highest BCUT2D eigenvalue weighted by Crippen LogP contribution is 2.26. The summed E-state index contributed by atoms with van der Waals surface area (Å²) in [6, 6.07) is 4.51. The number of aliphatic hydroxyl groups is 1. The lowest BCUT2D eigenvalue weighted by molar-refractivity contribution is 0.0682. The normalized spacial score (nSPS) is 17.9. The lowest BCUT2D eigenvalue weighted by atomic mass is 10.2. The molecule has 4 nitrogen and oxygen atoms in total. The third-order valence-corrected chi connectivity index (χ3v) is 3.54. The molecule has 118 valence electrons. The van der Waals surface area contributed by atoms with Crippen LogP contribution in [-0.2, 0) is 4.74 Å². The molecule has 1 aromatic rings. The number of nitrogens with one attached hydrogen (secondary N) is 1. The average molecular weight is 297 g/mol. The van der Waals surface area contributed by atoms with Crippen LogP contribution in [0.3, 0.4) is 0 Å². The van der Waals surface area contributed by atoms with E-state index < -0.39 is 0 Å². The first-order chi connectivity index (χ1) is 10.3. The monoisotopic (exact) mass is 297 g/mol. The SMILES string of the molecule is OCCCCCNc1cc(F)ccc1OCC1CCCO1. The molecule has 2 rings (SSSR count). The summed E-state index contributed by atoms with van der Waals surface area (Å²) in [4.78, 5) is 0. The van der Waals surface area contributed by atoms with Gasteiger partial charge in [0.25, 0.3) is 0 Å². The second kappa shape index (κ2) is 8.85. The zero-order valence-electron chi connectivity index (χ0n) is 12.3. The molecule has 0 spiro atoms. The van der Waals surface area contributed by atoms with E-state index in [1.54, 1.807) is 6.07 Å². The fourth-order valence-corrected chi connectivity index (χ4v) is 2.36. The van der Waals surface area contributed by atoms with Gasteiger partial charge in [0.05, 0.1) is 11.8 Å². The zero-order chi connectivity index (χ0) is 14.9. The topological polar surface area (TPSA) is 50.7 Å². The summed E-state index contributed by atoms with van der Waals surface area (Å²) >= 11 is 0. The molecule has 1 aliphatic rings. The Morgan fingerprint density at radius 2 is 2.24 bits per heavy atom. The number of hydrogen-bond acceptors (Lipinski definition) is 4. The Hall–Kier alpha value is -1.33. The van der Waals surface area contributed by atoms with Gasteiger partial charge in [-0.25, -0.2) is 4.39 Å². The average Bonchev–Trinajstić information content (AvgIpc) is 2.99. The lowest BCUT2D eigenvalue weighted by Gasteiger charge is -2.16. The predicted octanol–water partition coefficient (Wildman–Crippen LogP) is 2.96. The predicted molar refractivity (Wildman–Crippen MR) is 80.3 cm³/mol. The molecular formula is C16H24FNO3. The number of hydrogen-bond donors (Lipinski definition) is 2. The van der Waals surface area contributed by atoms with Crippen LogP contribution in [0.4, 0.5) is 10.1 Å². The van der Waals surface area contributed by atoms with Crippen molar-refractivity contribution in [3.63, 3.8) is 0 Å². The maximum Gasteiger partial charge on any atom is 0.142 e.